The molecule has 1 amide bonds. The molecule has 4 heteroatoms. The standard InChI is InChI=1S/C25H42N2OS/c1-3-4-5-6-7-8-9-10-11-12-13-14-15-16-20-26-25(29)27-24(28)23-19-17-18-22(2)21-23/h17-19,21H,3-16,20H2,1-2H3,(H2,26,27,28,29). The Hall–Kier alpha value is -1.42. The molecule has 1 rings (SSSR count). The van der Waals surface area contributed by atoms with Gasteiger partial charge in [-0.1, -0.05) is 108 Å². The van der Waals surface area contributed by atoms with Gasteiger partial charge < -0.3 is 5.32 Å². The third kappa shape index (κ3) is 14.2. The molecule has 0 spiro atoms. The SMILES string of the molecule is CCCCCCCCCCCCCCCCNC(=S)NC(=O)c1cccc(C)c1. The number of rotatable bonds is 16. The highest BCUT2D eigenvalue weighted by Crippen LogP contribution is 2.12. The molecule has 0 saturated carbocycles. The van der Waals surface area contributed by atoms with Gasteiger partial charge in [0, 0.05) is 12.1 Å². The second kappa shape index (κ2) is 17.4. The maximum Gasteiger partial charge on any atom is 0.257 e. The Labute approximate surface area is 184 Å². The van der Waals surface area contributed by atoms with Crippen molar-refractivity contribution in [2.75, 3.05) is 6.54 Å². The molecular formula is C25H42N2OS. The number of benzene rings is 1. The van der Waals surface area contributed by atoms with E-state index < -0.39 is 0 Å². The molecule has 164 valence electrons. The van der Waals surface area contributed by atoms with E-state index in [1.54, 1.807) is 6.07 Å². The summed E-state index contributed by atoms with van der Waals surface area (Å²) in [6, 6.07) is 7.53. The van der Waals surface area contributed by atoms with E-state index >= 15 is 0 Å². The molecule has 1 aromatic carbocycles. The molecule has 0 unspecified atom stereocenters. The molecule has 0 bridgehead atoms. The van der Waals surface area contributed by atoms with Crippen LogP contribution in [0.3, 0.4) is 0 Å². The Bertz CT molecular complexity index is 574. The predicted octanol–water partition coefficient (Wildman–Crippen LogP) is 7.08. The van der Waals surface area contributed by atoms with Crippen molar-refractivity contribution in [2.24, 2.45) is 0 Å². The zero-order chi connectivity index (χ0) is 21.2. The van der Waals surface area contributed by atoms with Crippen molar-refractivity contribution in [3.63, 3.8) is 0 Å². The van der Waals surface area contributed by atoms with E-state index in [4.69, 9.17) is 12.2 Å². The smallest absolute Gasteiger partial charge is 0.257 e. The molecule has 0 radical (unpaired) electrons. The third-order valence-electron chi connectivity index (χ3n) is 5.32. The van der Waals surface area contributed by atoms with Gasteiger partial charge in [-0.25, -0.2) is 0 Å². The summed E-state index contributed by atoms with van der Waals surface area (Å²) in [7, 11) is 0. The Morgan fingerprint density at radius 1 is 0.828 bits per heavy atom. The van der Waals surface area contributed by atoms with Crippen LogP contribution in [0.5, 0.6) is 0 Å². The van der Waals surface area contributed by atoms with Crippen molar-refractivity contribution in [3.8, 4) is 0 Å². The Morgan fingerprint density at radius 2 is 1.34 bits per heavy atom. The van der Waals surface area contributed by atoms with Crippen molar-refractivity contribution in [2.45, 2.75) is 104 Å². The number of carbonyl (C=O) groups is 1. The van der Waals surface area contributed by atoms with Crippen molar-refractivity contribution >= 4 is 23.2 Å². The number of aryl methyl sites for hydroxylation is 1. The number of unbranched alkanes of at least 4 members (excludes halogenated alkanes) is 13. The average molecular weight is 419 g/mol. The third-order valence-corrected chi connectivity index (χ3v) is 5.57. The normalized spacial score (nSPS) is 10.7. The summed E-state index contributed by atoms with van der Waals surface area (Å²) < 4.78 is 0. The molecule has 29 heavy (non-hydrogen) atoms. The van der Waals surface area contributed by atoms with Crippen molar-refractivity contribution in [1.82, 2.24) is 10.6 Å². The lowest BCUT2D eigenvalue weighted by molar-refractivity contribution is 0.0976. The van der Waals surface area contributed by atoms with Crippen LogP contribution < -0.4 is 10.6 Å². The van der Waals surface area contributed by atoms with E-state index in [0.717, 1.165) is 18.5 Å². The van der Waals surface area contributed by atoms with E-state index in [9.17, 15) is 4.79 Å². The summed E-state index contributed by atoms with van der Waals surface area (Å²) in [5, 5.41) is 6.32. The number of hydrogen-bond acceptors (Lipinski definition) is 2. The van der Waals surface area contributed by atoms with E-state index in [1.165, 1.54) is 83.5 Å². The van der Waals surface area contributed by atoms with E-state index in [0.29, 0.717) is 10.7 Å². The van der Waals surface area contributed by atoms with Crippen LogP contribution in [0, 0.1) is 6.92 Å². The highest BCUT2D eigenvalue weighted by atomic mass is 32.1. The first-order chi connectivity index (χ1) is 14.1. The lowest BCUT2D eigenvalue weighted by atomic mass is 10.0. The molecule has 0 atom stereocenters. The lowest BCUT2D eigenvalue weighted by Gasteiger charge is -2.10. The molecule has 0 heterocycles. The predicted molar refractivity (Wildman–Crippen MR) is 130 cm³/mol. The Kier molecular flexibility index (Phi) is 15.4. The molecule has 1 aromatic rings. The number of carbonyl (C=O) groups excluding carboxylic acids is 1. The highest BCUT2D eigenvalue weighted by Gasteiger charge is 2.07. The summed E-state index contributed by atoms with van der Waals surface area (Å²) in [4.78, 5) is 12.1. The molecule has 0 saturated heterocycles. The molecule has 0 aliphatic carbocycles. The molecule has 0 aliphatic heterocycles. The molecular weight excluding hydrogens is 376 g/mol. The first-order valence-corrected chi connectivity index (χ1v) is 12.2. The van der Waals surface area contributed by atoms with Crippen LogP contribution in [-0.4, -0.2) is 17.6 Å². The Morgan fingerprint density at radius 3 is 1.86 bits per heavy atom. The van der Waals surface area contributed by atoms with Gasteiger partial charge in [0.25, 0.3) is 5.91 Å². The zero-order valence-electron chi connectivity index (χ0n) is 18.7. The first kappa shape index (κ1) is 25.6. The minimum absolute atomic E-state index is 0.146. The van der Waals surface area contributed by atoms with Crippen LogP contribution in [0.15, 0.2) is 24.3 Å². The van der Waals surface area contributed by atoms with Gasteiger partial charge in [0.15, 0.2) is 5.11 Å². The number of nitrogens with one attached hydrogen (secondary N) is 2. The van der Waals surface area contributed by atoms with Crippen LogP contribution in [0.1, 0.15) is 113 Å². The van der Waals surface area contributed by atoms with Gasteiger partial charge in [-0.3, -0.25) is 10.1 Å². The molecule has 0 aliphatic rings. The summed E-state index contributed by atoms with van der Waals surface area (Å²) in [6.45, 7) is 5.08. The minimum Gasteiger partial charge on any atom is -0.362 e. The van der Waals surface area contributed by atoms with E-state index in [1.807, 2.05) is 25.1 Å². The highest BCUT2D eigenvalue weighted by molar-refractivity contribution is 7.80. The first-order valence-electron chi connectivity index (χ1n) is 11.8. The quantitative estimate of drug-likeness (QED) is 0.222. The summed E-state index contributed by atoms with van der Waals surface area (Å²) in [6.07, 6.45) is 19.0. The van der Waals surface area contributed by atoms with Gasteiger partial charge in [0.05, 0.1) is 0 Å². The second-order valence-electron chi connectivity index (χ2n) is 8.18. The fraction of sp³-hybridized carbons (Fsp3) is 0.680. The average Bonchev–Trinajstić information content (AvgIpc) is 2.71. The van der Waals surface area contributed by atoms with Crippen LogP contribution in [0.2, 0.25) is 0 Å². The molecule has 0 fully saturated rings. The molecule has 3 nitrogen and oxygen atoms in total. The van der Waals surface area contributed by atoms with Crippen LogP contribution in [0.25, 0.3) is 0 Å². The Balaban J connectivity index is 1.88. The second-order valence-corrected chi connectivity index (χ2v) is 8.58. The summed E-state index contributed by atoms with van der Waals surface area (Å²) in [5.41, 5.74) is 1.71. The molecule has 0 aromatic heterocycles. The van der Waals surface area contributed by atoms with Gasteiger partial charge in [-0.15, -0.1) is 0 Å². The van der Waals surface area contributed by atoms with E-state index in [-0.39, 0.29) is 5.91 Å². The van der Waals surface area contributed by atoms with E-state index in [2.05, 4.69) is 17.6 Å². The minimum atomic E-state index is -0.146. The maximum absolute atomic E-state index is 12.1. The summed E-state index contributed by atoms with van der Waals surface area (Å²) >= 11 is 5.22. The van der Waals surface area contributed by atoms with Gasteiger partial charge in [-0.2, -0.15) is 0 Å². The topological polar surface area (TPSA) is 41.1 Å². The fourth-order valence-corrected chi connectivity index (χ4v) is 3.72. The monoisotopic (exact) mass is 418 g/mol. The zero-order valence-corrected chi connectivity index (χ0v) is 19.5. The summed E-state index contributed by atoms with van der Waals surface area (Å²) in [5.74, 6) is -0.146. The molecule has 2 N–H and O–H groups in total. The van der Waals surface area contributed by atoms with Crippen molar-refractivity contribution < 1.29 is 4.79 Å². The van der Waals surface area contributed by atoms with Gasteiger partial charge in [-0.05, 0) is 37.7 Å². The van der Waals surface area contributed by atoms with Crippen LogP contribution >= 0.6 is 12.2 Å². The fourth-order valence-electron chi connectivity index (χ4n) is 3.53. The maximum atomic E-state index is 12.1. The largest absolute Gasteiger partial charge is 0.362 e. The number of amides is 1. The van der Waals surface area contributed by atoms with Gasteiger partial charge in [0.1, 0.15) is 0 Å². The van der Waals surface area contributed by atoms with Gasteiger partial charge >= 0.3 is 0 Å². The van der Waals surface area contributed by atoms with Crippen LogP contribution in [-0.2, 0) is 0 Å². The van der Waals surface area contributed by atoms with Crippen molar-refractivity contribution in [3.05, 3.63) is 35.4 Å². The number of thiocarbonyl (C=S) groups is 1. The number of hydrogen-bond donors (Lipinski definition) is 2. The van der Waals surface area contributed by atoms with Crippen LogP contribution in [0.4, 0.5) is 0 Å². The van der Waals surface area contributed by atoms with Crippen molar-refractivity contribution in [1.29, 1.82) is 0 Å². The lowest BCUT2D eigenvalue weighted by Crippen LogP contribution is -2.39. The van der Waals surface area contributed by atoms with Gasteiger partial charge in [0.2, 0.25) is 0 Å².